The van der Waals surface area contributed by atoms with Gasteiger partial charge in [0.15, 0.2) is 0 Å². The summed E-state index contributed by atoms with van der Waals surface area (Å²) < 4.78 is 9.39. The van der Waals surface area contributed by atoms with E-state index in [4.69, 9.17) is 16.3 Å². The molecule has 5 nitrogen and oxygen atoms in total. The zero-order valence-electron chi connectivity index (χ0n) is 10.9. The van der Waals surface area contributed by atoms with Crippen LogP contribution in [-0.4, -0.2) is 11.8 Å². The van der Waals surface area contributed by atoms with Crippen molar-refractivity contribution in [2.24, 2.45) is 0 Å². The van der Waals surface area contributed by atoms with Crippen molar-refractivity contribution in [3.8, 4) is 5.75 Å². The second kappa shape index (κ2) is 10.0. The zero-order chi connectivity index (χ0) is 13.5. The molecule has 0 aromatic heterocycles. The molecule has 100 valence electrons. The number of alkyl halides is 1. The maximum absolute atomic E-state index is 11.3. The maximum Gasteiger partial charge on any atom is 1.00 e. The van der Waals surface area contributed by atoms with Gasteiger partial charge in [-0.3, -0.25) is 9.83 Å². The Balaban J connectivity index is 0.00000324. The molecule has 0 atom stereocenters. The third-order valence-electron chi connectivity index (χ3n) is 2.11. The predicted molar refractivity (Wildman–Crippen MR) is 64.9 cm³/mol. The number of ether oxygens (including phenoxy) is 1. The quantitative estimate of drug-likeness (QED) is 0.129. The van der Waals surface area contributed by atoms with Crippen molar-refractivity contribution in [3.63, 3.8) is 0 Å². The van der Waals surface area contributed by atoms with Gasteiger partial charge in [0.1, 0.15) is 5.75 Å². The van der Waals surface area contributed by atoms with E-state index in [1.165, 1.54) is 0 Å². The summed E-state index contributed by atoms with van der Waals surface area (Å²) in [6.07, 6.45) is 0.156. The van der Waals surface area contributed by atoms with E-state index < -0.39 is 0 Å². The fourth-order valence-corrected chi connectivity index (χ4v) is 2.04. The van der Waals surface area contributed by atoms with E-state index in [0.717, 1.165) is 28.1 Å². The van der Waals surface area contributed by atoms with Gasteiger partial charge in [0, 0.05) is 10.8 Å². The summed E-state index contributed by atoms with van der Waals surface area (Å²) >= 11 is 6.26. The van der Waals surface area contributed by atoms with Crippen LogP contribution in [0.15, 0.2) is 17.0 Å². The summed E-state index contributed by atoms with van der Waals surface area (Å²) in [5, 5.41) is 13.1. The molecule has 1 aromatic rings. The first kappa shape index (κ1) is 19.2. The fraction of sp³-hybridized carbons (Fsp3) is 0.364. The van der Waals surface area contributed by atoms with E-state index in [9.17, 15) is 10.1 Å². The molecule has 1 aromatic carbocycles. The minimum Gasteiger partial charge on any atom is -0.691 e. The van der Waals surface area contributed by atoms with Crippen LogP contribution >= 0.6 is 23.6 Å². The Bertz CT molecular complexity index is 407. The first-order chi connectivity index (χ1) is 8.58. The van der Waals surface area contributed by atoms with Crippen molar-refractivity contribution >= 4 is 29.6 Å². The summed E-state index contributed by atoms with van der Waals surface area (Å²) in [6, 6.07) is 3.35. The van der Waals surface area contributed by atoms with Gasteiger partial charge in [-0.25, -0.2) is 0 Å². The van der Waals surface area contributed by atoms with Crippen LogP contribution in [0, 0.1) is 13.8 Å². The first-order valence-corrected chi connectivity index (χ1v) is 6.37. The molecular weight excluding hydrogens is 303 g/mol. The van der Waals surface area contributed by atoms with Gasteiger partial charge in [0.25, 0.3) is 0 Å². The van der Waals surface area contributed by atoms with E-state index in [1.807, 2.05) is 13.8 Å². The van der Waals surface area contributed by atoms with Crippen molar-refractivity contribution in [2.45, 2.75) is 25.2 Å². The normalized spacial score (nSPS) is 9.89. The van der Waals surface area contributed by atoms with Gasteiger partial charge in [-0.2, -0.15) is 4.33 Å². The number of rotatable bonds is 6. The largest absolute Gasteiger partial charge is 1.00 e. The van der Waals surface area contributed by atoms with E-state index >= 15 is 0 Å². The molecule has 0 saturated heterocycles. The Morgan fingerprint density at radius 1 is 1.37 bits per heavy atom. The Morgan fingerprint density at radius 3 is 2.42 bits per heavy atom. The predicted octanol–water partition coefficient (Wildman–Crippen LogP) is -0.928. The topological polar surface area (TPSA) is 67.8 Å². The van der Waals surface area contributed by atoms with Crippen molar-refractivity contribution in [2.75, 3.05) is 5.88 Å². The van der Waals surface area contributed by atoms with E-state index in [1.54, 1.807) is 12.1 Å². The molecule has 0 aliphatic rings. The fourth-order valence-electron chi connectivity index (χ4n) is 1.41. The third-order valence-corrected chi connectivity index (χ3v) is 3.23. The molecule has 8 heteroatoms. The van der Waals surface area contributed by atoms with Crippen molar-refractivity contribution < 1.29 is 53.7 Å². The molecule has 0 radical (unpaired) electrons. The molecule has 0 fully saturated rings. The number of carbonyl (C=O) groups excluding carboxylic acids is 1. The van der Waals surface area contributed by atoms with Crippen molar-refractivity contribution in [3.05, 3.63) is 23.3 Å². The Morgan fingerprint density at radius 2 is 1.95 bits per heavy atom. The molecule has 0 spiro atoms. The van der Waals surface area contributed by atoms with Crippen LogP contribution in [0.5, 0.6) is 5.75 Å². The molecular formula is C11H12ClNaO5S. The summed E-state index contributed by atoms with van der Waals surface area (Å²) in [5.74, 6) is 0.273. The molecule has 19 heavy (non-hydrogen) atoms. The van der Waals surface area contributed by atoms with Gasteiger partial charge in [-0.1, -0.05) is 0 Å². The number of hydrogen-bond acceptors (Lipinski definition) is 6. The van der Waals surface area contributed by atoms with Crippen LogP contribution in [0.1, 0.15) is 17.5 Å². The van der Waals surface area contributed by atoms with Crippen LogP contribution in [0.4, 0.5) is 0 Å². The van der Waals surface area contributed by atoms with Gasteiger partial charge in [-0.05, 0) is 37.1 Å². The average molecular weight is 315 g/mol. The molecule has 0 amide bonds. The molecule has 0 saturated carbocycles. The summed E-state index contributed by atoms with van der Waals surface area (Å²) in [6.45, 7) is 3.62. The molecule has 0 heterocycles. The van der Waals surface area contributed by atoms with Gasteiger partial charge in [0.2, 0.25) is 0 Å². The SMILES string of the molecule is Cc1cc(OC(=O)CCCl)cc(C)c1SOO[O-].[Na+]. The van der Waals surface area contributed by atoms with Gasteiger partial charge < -0.3 is 9.99 Å². The van der Waals surface area contributed by atoms with Crippen LogP contribution in [0.25, 0.3) is 0 Å². The van der Waals surface area contributed by atoms with Crippen LogP contribution in [-0.2, 0) is 14.2 Å². The number of carbonyl (C=O) groups is 1. The molecule has 0 bridgehead atoms. The van der Waals surface area contributed by atoms with Crippen LogP contribution in [0.3, 0.4) is 0 Å². The standard InChI is InChI=1S/C11H13ClO5S.Na/c1-7-5-9(15-10(13)3-4-12)6-8(2)11(7)18-17-16-14;/h5-6,14H,3-4H2,1-2H3;/q;+1/p-1. The molecule has 1 rings (SSSR count). The number of halogens is 1. The average Bonchev–Trinajstić information content (AvgIpc) is 2.28. The van der Waals surface area contributed by atoms with E-state index in [-0.39, 0.29) is 47.8 Å². The maximum atomic E-state index is 11.3. The van der Waals surface area contributed by atoms with E-state index in [0.29, 0.717) is 5.75 Å². The van der Waals surface area contributed by atoms with Crippen LogP contribution < -0.4 is 39.6 Å². The molecule has 0 N–H and O–H groups in total. The second-order valence-electron chi connectivity index (χ2n) is 3.52. The minimum absolute atomic E-state index is 0. The number of benzene rings is 1. The molecule has 0 aliphatic carbocycles. The van der Waals surface area contributed by atoms with Gasteiger partial charge in [0.05, 0.1) is 18.5 Å². The van der Waals surface area contributed by atoms with Crippen molar-refractivity contribution in [1.29, 1.82) is 0 Å². The van der Waals surface area contributed by atoms with Crippen LogP contribution in [0.2, 0.25) is 0 Å². The summed E-state index contributed by atoms with van der Waals surface area (Å²) in [7, 11) is 0. The third kappa shape index (κ3) is 6.46. The smallest absolute Gasteiger partial charge is 0.691 e. The monoisotopic (exact) mass is 314 g/mol. The Hall–Kier alpha value is 0.210. The Kier molecular flexibility index (Phi) is 10.1. The Labute approximate surface area is 142 Å². The zero-order valence-corrected chi connectivity index (χ0v) is 14.5. The van der Waals surface area contributed by atoms with E-state index in [2.05, 4.69) is 9.37 Å². The first-order valence-electron chi connectivity index (χ1n) is 5.09. The number of aryl methyl sites for hydroxylation is 2. The number of hydrogen-bond donors (Lipinski definition) is 0. The molecule has 0 unspecified atom stereocenters. The second-order valence-corrected chi connectivity index (χ2v) is 4.61. The minimum atomic E-state index is -0.386. The van der Waals surface area contributed by atoms with Gasteiger partial charge >= 0.3 is 35.5 Å². The molecule has 0 aliphatic heterocycles. The van der Waals surface area contributed by atoms with Crippen molar-refractivity contribution in [1.82, 2.24) is 0 Å². The number of esters is 1. The van der Waals surface area contributed by atoms with Gasteiger partial charge in [-0.15, -0.1) is 11.6 Å². The summed E-state index contributed by atoms with van der Waals surface area (Å²) in [4.78, 5) is 12.0. The summed E-state index contributed by atoms with van der Waals surface area (Å²) in [5.41, 5.74) is 1.62.